The molecule has 0 bridgehead atoms. The summed E-state index contributed by atoms with van der Waals surface area (Å²) in [5, 5.41) is 14.2. The van der Waals surface area contributed by atoms with Crippen LogP contribution >= 0.6 is 11.8 Å². The standard InChI is InChI=1S/C28H52N2O7S/c1-4-5-6-7-8-9-10-11-12-13-14-15-16-18-26(33)37-19-17-20-38-22-25(29-23(2)32)27(34)30-24(21-31)28(35)36-3/h24-25,31H,4-22H2,1-3H3,(H,29,32)(H,30,34)/t24-,25-/m0/s1. The van der Waals surface area contributed by atoms with Crippen LogP contribution in [0.25, 0.3) is 0 Å². The van der Waals surface area contributed by atoms with E-state index in [9.17, 15) is 24.3 Å². The van der Waals surface area contributed by atoms with Crippen LogP contribution in [0.1, 0.15) is 110 Å². The fraction of sp³-hybridized carbons (Fsp3) is 0.857. The van der Waals surface area contributed by atoms with Crippen molar-refractivity contribution in [1.29, 1.82) is 0 Å². The van der Waals surface area contributed by atoms with Crippen LogP contribution in [0, 0.1) is 0 Å². The smallest absolute Gasteiger partial charge is 0.330 e. The van der Waals surface area contributed by atoms with Crippen LogP contribution < -0.4 is 10.6 Å². The molecule has 0 aliphatic rings. The highest BCUT2D eigenvalue weighted by Crippen LogP contribution is 2.13. The molecular formula is C28H52N2O7S. The van der Waals surface area contributed by atoms with E-state index in [-0.39, 0.29) is 17.6 Å². The highest BCUT2D eigenvalue weighted by atomic mass is 32.2. The van der Waals surface area contributed by atoms with Crippen LogP contribution in [0.5, 0.6) is 0 Å². The largest absolute Gasteiger partial charge is 0.467 e. The van der Waals surface area contributed by atoms with Crippen LogP contribution in [0.15, 0.2) is 0 Å². The molecule has 2 atom stereocenters. The van der Waals surface area contributed by atoms with Gasteiger partial charge in [0.25, 0.3) is 0 Å². The Morgan fingerprint density at radius 2 is 1.34 bits per heavy atom. The van der Waals surface area contributed by atoms with Crippen LogP contribution in [0.4, 0.5) is 0 Å². The van der Waals surface area contributed by atoms with E-state index in [0.29, 0.717) is 25.2 Å². The van der Waals surface area contributed by atoms with E-state index < -0.39 is 30.6 Å². The van der Waals surface area contributed by atoms with Crippen molar-refractivity contribution in [2.75, 3.05) is 31.8 Å². The third-order valence-corrected chi connectivity index (χ3v) is 7.29. The fourth-order valence-electron chi connectivity index (χ4n) is 3.93. The van der Waals surface area contributed by atoms with Crippen molar-refractivity contribution >= 4 is 35.5 Å². The highest BCUT2D eigenvalue weighted by molar-refractivity contribution is 7.99. The topological polar surface area (TPSA) is 131 Å². The van der Waals surface area contributed by atoms with Crippen LogP contribution in [0.2, 0.25) is 0 Å². The first-order valence-corrected chi connectivity index (χ1v) is 15.5. The summed E-state index contributed by atoms with van der Waals surface area (Å²) in [5.74, 6) is -0.997. The van der Waals surface area contributed by atoms with Gasteiger partial charge in [-0.1, -0.05) is 84.0 Å². The van der Waals surface area contributed by atoms with Crippen molar-refractivity contribution < 1.29 is 33.8 Å². The number of thioether (sulfide) groups is 1. The van der Waals surface area contributed by atoms with Gasteiger partial charge in [-0.2, -0.15) is 11.8 Å². The first-order chi connectivity index (χ1) is 18.3. The second-order valence-electron chi connectivity index (χ2n) is 9.66. The lowest BCUT2D eigenvalue weighted by atomic mass is 10.0. The molecule has 0 fully saturated rings. The van der Waals surface area contributed by atoms with E-state index in [1.807, 2.05) is 0 Å². The van der Waals surface area contributed by atoms with Crippen molar-refractivity contribution in [3.05, 3.63) is 0 Å². The van der Waals surface area contributed by atoms with Crippen molar-refractivity contribution in [1.82, 2.24) is 10.6 Å². The quantitative estimate of drug-likeness (QED) is 0.111. The van der Waals surface area contributed by atoms with Crippen molar-refractivity contribution in [3.8, 4) is 0 Å². The predicted molar refractivity (Wildman–Crippen MR) is 152 cm³/mol. The Morgan fingerprint density at radius 1 is 0.789 bits per heavy atom. The van der Waals surface area contributed by atoms with Gasteiger partial charge in [0.05, 0.1) is 20.3 Å². The van der Waals surface area contributed by atoms with Gasteiger partial charge in [0, 0.05) is 19.1 Å². The van der Waals surface area contributed by atoms with Gasteiger partial charge in [-0.15, -0.1) is 0 Å². The normalized spacial score (nSPS) is 12.4. The first kappa shape index (κ1) is 36.2. The second-order valence-corrected chi connectivity index (χ2v) is 10.8. The summed E-state index contributed by atoms with van der Waals surface area (Å²) in [6, 6.07) is -2.06. The number of rotatable bonds is 25. The first-order valence-electron chi connectivity index (χ1n) is 14.3. The molecule has 0 saturated carbocycles. The summed E-state index contributed by atoms with van der Waals surface area (Å²) in [6.07, 6.45) is 17.5. The fourth-order valence-corrected chi connectivity index (χ4v) is 4.89. The average Bonchev–Trinajstić information content (AvgIpc) is 2.90. The molecule has 9 nitrogen and oxygen atoms in total. The maximum atomic E-state index is 12.4. The van der Waals surface area contributed by atoms with Gasteiger partial charge in [-0.3, -0.25) is 14.4 Å². The SMILES string of the molecule is CCCCCCCCCCCCCCCC(=O)OCCCSC[C@H](NC(C)=O)C(=O)N[C@@H](CO)C(=O)OC. The van der Waals surface area contributed by atoms with Gasteiger partial charge in [0.1, 0.15) is 6.04 Å². The van der Waals surface area contributed by atoms with E-state index in [4.69, 9.17) is 4.74 Å². The van der Waals surface area contributed by atoms with Crippen molar-refractivity contribution in [3.63, 3.8) is 0 Å². The molecular weight excluding hydrogens is 508 g/mol. The number of ether oxygens (including phenoxy) is 2. The molecule has 2 amide bonds. The molecule has 0 saturated heterocycles. The highest BCUT2D eigenvalue weighted by Gasteiger charge is 2.26. The second kappa shape index (κ2) is 25.5. The Balaban J connectivity index is 3.81. The lowest BCUT2D eigenvalue weighted by molar-refractivity contribution is -0.146. The van der Waals surface area contributed by atoms with Crippen molar-refractivity contribution in [2.45, 2.75) is 122 Å². The monoisotopic (exact) mass is 560 g/mol. The minimum Gasteiger partial charge on any atom is -0.467 e. The number of unbranched alkanes of at least 4 members (excludes halogenated alkanes) is 12. The molecule has 0 heterocycles. The summed E-state index contributed by atoms with van der Waals surface area (Å²) in [6.45, 7) is 3.25. The third kappa shape index (κ3) is 21.2. The zero-order chi connectivity index (χ0) is 28.4. The number of hydrogen-bond donors (Lipinski definition) is 3. The molecule has 3 N–H and O–H groups in total. The van der Waals surface area contributed by atoms with Crippen LogP contribution in [-0.4, -0.2) is 72.8 Å². The number of nitrogens with one attached hydrogen (secondary N) is 2. The van der Waals surface area contributed by atoms with E-state index in [2.05, 4.69) is 22.3 Å². The zero-order valence-corrected chi connectivity index (χ0v) is 24.7. The van der Waals surface area contributed by atoms with E-state index in [1.165, 1.54) is 89.3 Å². The van der Waals surface area contributed by atoms with Crippen molar-refractivity contribution in [2.24, 2.45) is 0 Å². The molecule has 0 aromatic rings. The number of carbonyl (C=O) groups is 4. The van der Waals surface area contributed by atoms with Gasteiger partial charge in [-0.05, 0) is 18.6 Å². The summed E-state index contributed by atoms with van der Waals surface area (Å²) in [7, 11) is 1.16. The van der Waals surface area contributed by atoms with Gasteiger partial charge in [-0.25, -0.2) is 4.79 Å². The molecule has 222 valence electrons. The lowest BCUT2D eigenvalue weighted by Crippen LogP contribution is -2.53. The molecule has 0 aliphatic heterocycles. The Bertz CT molecular complexity index is 649. The number of carbonyl (C=O) groups excluding carboxylic acids is 4. The summed E-state index contributed by atoms with van der Waals surface area (Å²) in [5.41, 5.74) is 0. The number of aliphatic hydroxyl groups excluding tert-OH is 1. The molecule has 0 rings (SSSR count). The predicted octanol–water partition coefficient (Wildman–Crippen LogP) is 4.29. The molecule has 0 spiro atoms. The zero-order valence-electron chi connectivity index (χ0n) is 23.9. The number of esters is 2. The maximum Gasteiger partial charge on any atom is 0.330 e. The van der Waals surface area contributed by atoms with Gasteiger partial charge < -0.3 is 25.2 Å². The molecule has 10 heteroatoms. The molecule has 0 aliphatic carbocycles. The number of aliphatic hydroxyl groups is 1. The van der Waals surface area contributed by atoms with E-state index >= 15 is 0 Å². The molecule has 0 aromatic carbocycles. The Hall–Kier alpha value is -1.81. The maximum absolute atomic E-state index is 12.4. The van der Waals surface area contributed by atoms with Crippen LogP contribution in [0.3, 0.4) is 0 Å². The minimum atomic E-state index is -1.19. The Kier molecular flexibility index (Phi) is 24.3. The molecule has 0 radical (unpaired) electrons. The average molecular weight is 561 g/mol. The number of amides is 2. The molecule has 38 heavy (non-hydrogen) atoms. The lowest BCUT2D eigenvalue weighted by Gasteiger charge is -2.20. The van der Waals surface area contributed by atoms with E-state index in [1.54, 1.807) is 0 Å². The van der Waals surface area contributed by atoms with Gasteiger partial charge in [0.15, 0.2) is 6.04 Å². The summed E-state index contributed by atoms with van der Waals surface area (Å²) >= 11 is 1.42. The third-order valence-electron chi connectivity index (χ3n) is 6.14. The van der Waals surface area contributed by atoms with Gasteiger partial charge in [0.2, 0.25) is 11.8 Å². The number of methoxy groups -OCH3 is 1. The van der Waals surface area contributed by atoms with Crippen LogP contribution in [-0.2, 0) is 28.7 Å². The summed E-state index contributed by atoms with van der Waals surface area (Å²) in [4.78, 5) is 47.4. The molecule has 0 aromatic heterocycles. The Labute approximate surface area is 233 Å². The Morgan fingerprint density at radius 3 is 1.84 bits per heavy atom. The number of hydrogen-bond acceptors (Lipinski definition) is 8. The summed E-state index contributed by atoms with van der Waals surface area (Å²) < 4.78 is 9.83. The van der Waals surface area contributed by atoms with E-state index in [0.717, 1.165) is 20.0 Å². The van der Waals surface area contributed by atoms with Gasteiger partial charge >= 0.3 is 11.9 Å². The molecule has 0 unspecified atom stereocenters. The minimum absolute atomic E-state index is 0.175.